The van der Waals surface area contributed by atoms with Gasteiger partial charge in [0, 0.05) is 13.2 Å². The van der Waals surface area contributed by atoms with Crippen molar-refractivity contribution in [1.29, 1.82) is 0 Å². The maximum absolute atomic E-state index is 8.93. The number of hydrogen-bond acceptors (Lipinski definition) is 2. The summed E-state index contributed by atoms with van der Waals surface area (Å²) in [5.74, 6) is 0.943. The lowest BCUT2D eigenvalue weighted by Gasteiger charge is -2.15. The Hall–Kier alpha value is -1.64. The summed E-state index contributed by atoms with van der Waals surface area (Å²) in [5, 5.41) is 17.5. The van der Waals surface area contributed by atoms with Crippen LogP contribution >= 0.6 is 0 Å². The maximum atomic E-state index is 8.93. The van der Waals surface area contributed by atoms with Crippen molar-refractivity contribution >= 4 is 0 Å². The number of hydrogen-bond donors (Lipinski definition) is 2. The first-order valence-electron chi connectivity index (χ1n) is 9.89. The van der Waals surface area contributed by atoms with Crippen LogP contribution in [0.3, 0.4) is 0 Å². The van der Waals surface area contributed by atoms with E-state index < -0.39 is 0 Å². The molecule has 0 radical (unpaired) electrons. The lowest BCUT2D eigenvalue weighted by atomic mass is 9.92. The topological polar surface area (TPSA) is 40.5 Å². The molecule has 2 aromatic carbocycles. The van der Waals surface area contributed by atoms with Crippen LogP contribution in [0.4, 0.5) is 0 Å². The summed E-state index contributed by atoms with van der Waals surface area (Å²) in [6, 6.07) is 19.0. The van der Waals surface area contributed by atoms with Crippen LogP contribution in [-0.2, 0) is 6.42 Å². The number of benzene rings is 2. The van der Waals surface area contributed by atoms with Gasteiger partial charge < -0.3 is 10.2 Å². The molecule has 0 aliphatic heterocycles. The summed E-state index contributed by atoms with van der Waals surface area (Å²) in [6.07, 6.45) is 5.45. The van der Waals surface area contributed by atoms with Crippen LogP contribution in [0.15, 0.2) is 54.6 Å². The van der Waals surface area contributed by atoms with Crippen molar-refractivity contribution in [3.05, 3.63) is 71.3 Å². The van der Waals surface area contributed by atoms with Gasteiger partial charge >= 0.3 is 0 Å². The highest BCUT2D eigenvalue weighted by Gasteiger charge is 2.09. The third kappa shape index (κ3) is 9.17. The van der Waals surface area contributed by atoms with Gasteiger partial charge in [-0.25, -0.2) is 0 Å². The second-order valence-electron chi connectivity index (χ2n) is 7.30. The maximum Gasteiger partial charge on any atom is 0.0456 e. The number of aryl methyl sites for hydroxylation is 2. The Morgan fingerprint density at radius 2 is 1.46 bits per heavy atom. The Morgan fingerprint density at radius 3 is 2.08 bits per heavy atom. The quantitative estimate of drug-likeness (QED) is 0.582. The highest BCUT2D eigenvalue weighted by atomic mass is 16.3. The van der Waals surface area contributed by atoms with E-state index in [9.17, 15) is 0 Å². The molecule has 2 heteroatoms. The normalized spacial score (nSPS) is 12.8. The molecule has 0 aromatic heterocycles. The van der Waals surface area contributed by atoms with Crippen LogP contribution in [0.1, 0.15) is 62.1 Å². The lowest BCUT2D eigenvalue weighted by Crippen LogP contribution is -2.05. The van der Waals surface area contributed by atoms with E-state index in [-0.39, 0.29) is 6.61 Å². The third-order valence-corrected chi connectivity index (χ3v) is 4.80. The smallest absolute Gasteiger partial charge is 0.0456 e. The highest BCUT2D eigenvalue weighted by molar-refractivity contribution is 5.25. The highest BCUT2D eigenvalue weighted by Crippen LogP contribution is 2.22. The molecule has 0 heterocycles. The molecule has 0 saturated carbocycles. The van der Waals surface area contributed by atoms with Gasteiger partial charge in [-0.1, -0.05) is 74.9 Å². The molecule has 144 valence electrons. The van der Waals surface area contributed by atoms with Crippen molar-refractivity contribution in [2.75, 3.05) is 13.2 Å². The summed E-state index contributed by atoms with van der Waals surface area (Å²) in [7, 11) is 0. The standard InChI is InChI=1S/2C12H18O/c1-10(9-13)8-11(2)12-6-4-3-5-7-12;1-11-7-4-5-9-12(11)8-3-2-6-10-13/h3-7,10-11,13H,8-9H2,1-2H3;4-5,7,9,13H,2-3,6,8,10H2,1H3. The molecule has 0 fully saturated rings. The van der Waals surface area contributed by atoms with E-state index in [0.717, 1.165) is 25.7 Å². The van der Waals surface area contributed by atoms with Gasteiger partial charge in [0.15, 0.2) is 0 Å². The van der Waals surface area contributed by atoms with Crippen LogP contribution in [0.25, 0.3) is 0 Å². The number of aliphatic hydroxyl groups is 2. The molecule has 2 nitrogen and oxygen atoms in total. The SMILES string of the molecule is CC(CO)CC(C)c1ccccc1.Cc1ccccc1CCCCCO. The predicted octanol–water partition coefficient (Wildman–Crippen LogP) is 5.51. The average molecular weight is 357 g/mol. The number of aliphatic hydroxyl groups excluding tert-OH is 2. The molecular formula is C24H36O2. The van der Waals surface area contributed by atoms with E-state index in [2.05, 4.69) is 69.3 Å². The Labute approximate surface area is 159 Å². The summed E-state index contributed by atoms with van der Waals surface area (Å²) < 4.78 is 0. The molecule has 2 unspecified atom stereocenters. The van der Waals surface area contributed by atoms with Crippen LogP contribution in [0.2, 0.25) is 0 Å². The van der Waals surface area contributed by atoms with Gasteiger partial charge in [0.25, 0.3) is 0 Å². The van der Waals surface area contributed by atoms with Crippen LogP contribution in [-0.4, -0.2) is 23.4 Å². The zero-order valence-electron chi connectivity index (χ0n) is 16.7. The third-order valence-electron chi connectivity index (χ3n) is 4.80. The fourth-order valence-electron chi connectivity index (χ4n) is 3.09. The number of unbranched alkanes of at least 4 members (excludes halogenated alkanes) is 2. The Morgan fingerprint density at radius 1 is 0.808 bits per heavy atom. The summed E-state index contributed by atoms with van der Waals surface area (Å²) in [6.45, 7) is 7.06. The molecule has 0 aliphatic rings. The molecule has 0 saturated heterocycles. The Kier molecular flexibility index (Phi) is 11.7. The zero-order valence-corrected chi connectivity index (χ0v) is 16.7. The van der Waals surface area contributed by atoms with E-state index >= 15 is 0 Å². The van der Waals surface area contributed by atoms with Crippen molar-refractivity contribution in [3.8, 4) is 0 Å². The first kappa shape index (κ1) is 22.4. The molecule has 0 bridgehead atoms. The molecule has 2 rings (SSSR count). The second kappa shape index (κ2) is 13.5. The van der Waals surface area contributed by atoms with Gasteiger partial charge in [0.2, 0.25) is 0 Å². The molecule has 0 spiro atoms. The fourth-order valence-corrected chi connectivity index (χ4v) is 3.09. The van der Waals surface area contributed by atoms with Gasteiger partial charge in [0.05, 0.1) is 0 Å². The van der Waals surface area contributed by atoms with E-state index in [1.807, 2.05) is 6.07 Å². The molecule has 0 amide bonds. The molecule has 2 N–H and O–H groups in total. The van der Waals surface area contributed by atoms with E-state index in [4.69, 9.17) is 10.2 Å². The minimum absolute atomic E-state index is 0.289. The Balaban J connectivity index is 0.000000260. The van der Waals surface area contributed by atoms with Crippen molar-refractivity contribution < 1.29 is 10.2 Å². The molecule has 0 aliphatic carbocycles. The molecule has 2 aromatic rings. The zero-order chi connectivity index (χ0) is 19.2. The van der Waals surface area contributed by atoms with Crippen LogP contribution in [0.5, 0.6) is 0 Å². The van der Waals surface area contributed by atoms with Crippen molar-refractivity contribution in [3.63, 3.8) is 0 Å². The minimum atomic E-state index is 0.289. The van der Waals surface area contributed by atoms with Crippen molar-refractivity contribution in [2.45, 2.75) is 58.8 Å². The first-order chi connectivity index (χ1) is 12.6. The van der Waals surface area contributed by atoms with Gasteiger partial charge in [0.1, 0.15) is 0 Å². The largest absolute Gasteiger partial charge is 0.396 e. The van der Waals surface area contributed by atoms with Crippen molar-refractivity contribution in [2.24, 2.45) is 5.92 Å². The first-order valence-corrected chi connectivity index (χ1v) is 9.89. The molecular weight excluding hydrogens is 320 g/mol. The summed E-state index contributed by atoms with van der Waals surface area (Å²) >= 11 is 0. The van der Waals surface area contributed by atoms with Crippen LogP contribution < -0.4 is 0 Å². The van der Waals surface area contributed by atoms with E-state index in [1.165, 1.54) is 23.1 Å². The number of rotatable bonds is 9. The van der Waals surface area contributed by atoms with Gasteiger partial charge in [-0.05, 0) is 61.1 Å². The molecule has 26 heavy (non-hydrogen) atoms. The summed E-state index contributed by atoms with van der Waals surface area (Å²) in [4.78, 5) is 0. The fraction of sp³-hybridized carbons (Fsp3) is 0.500. The second-order valence-corrected chi connectivity index (χ2v) is 7.30. The lowest BCUT2D eigenvalue weighted by molar-refractivity contribution is 0.225. The predicted molar refractivity (Wildman–Crippen MR) is 112 cm³/mol. The molecule has 2 atom stereocenters. The van der Waals surface area contributed by atoms with Gasteiger partial charge in [-0.15, -0.1) is 0 Å². The minimum Gasteiger partial charge on any atom is -0.396 e. The Bertz CT molecular complexity index is 580. The van der Waals surface area contributed by atoms with Gasteiger partial charge in [-0.3, -0.25) is 0 Å². The monoisotopic (exact) mass is 356 g/mol. The van der Waals surface area contributed by atoms with Crippen molar-refractivity contribution in [1.82, 2.24) is 0 Å². The van der Waals surface area contributed by atoms with Gasteiger partial charge in [-0.2, -0.15) is 0 Å². The van der Waals surface area contributed by atoms with Crippen LogP contribution in [0, 0.1) is 12.8 Å². The average Bonchev–Trinajstić information content (AvgIpc) is 2.67. The van der Waals surface area contributed by atoms with E-state index in [1.54, 1.807) is 0 Å². The van der Waals surface area contributed by atoms with E-state index in [0.29, 0.717) is 18.4 Å². The summed E-state index contributed by atoms with van der Waals surface area (Å²) in [5.41, 5.74) is 4.19.